The summed E-state index contributed by atoms with van der Waals surface area (Å²) < 4.78 is 1.82. The number of aromatic nitrogens is 2. The number of hydrogen-bond acceptors (Lipinski definition) is 2. The van der Waals surface area contributed by atoms with Gasteiger partial charge < -0.3 is 5.73 Å². The molecule has 3 heteroatoms. The van der Waals surface area contributed by atoms with Crippen molar-refractivity contribution in [2.24, 2.45) is 0 Å². The molecule has 0 radical (unpaired) electrons. The Morgan fingerprint density at radius 3 is 2.15 bits per heavy atom. The Kier molecular flexibility index (Phi) is 3.25. The number of anilines is 1. The van der Waals surface area contributed by atoms with Gasteiger partial charge in [-0.15, -0.1) is 0 Å². The SMILES string of the molecule is CCc1nn(-c2ccccc2)c(N)c1-c1ccccc1. The molecule has 20 heavy (non-hydrogen) atoms. The molecule has 0 unspecified atom stereocenters. The van der Waals surface area contributed by atoms with Crippen LogP contribution < -0.4 is 5.73 Å². The van der Waals surface area contributed by atoms with Crippen LogP contribution in [0.4, 0.5) is 5.82 Å². The Balaban J connectivity index is 2.19. The van der Waals surface area contributed by atoms with Crippen molar-refractivity contribution in [2.75, 3.05) is 5.73 Å². The van der Waals surface area contributed by atoms with E-state index in [4.69, 9.17) is 5.73 Å². The lowest BCUT2D eigenvalue weighted by atomic mass is 10.0. The largest absolute Gasteiger partial charge is 0.383 e. The van der Waals surface area contributed by atoms with Crippen molar-refractivity contribution in [3.05, 3.63) is 66.4 Å². The Hall–Kier alpha value is -2.55. The normalized spacial score (nSPS) is 10.7. The molecule has 0 bridgehead atoms. The minimum absolute atomic E-state index is 0.694. The van der Waals surface area contributed by atoms with E-state index in [0.29, 0.717) is 5.82 Å². The topological polar surface area (TPSA) is 43.8 Å². The van der Waals surface area contributed by atoms with E-state index in [1.807, 2.05) is 53.2 Å². The molecule has 0 atom stereocenters. The fraction of sp³-hybridized carbons (Fsp3) is 0.118. The average Bonchev–Trinajstić information content (AvgIpc) is 2.86. The van der Waals surface area contributed by atoms with Crippen LogP contribution in [0.25, 0.3) is 16.8 Å². The minimum atomic E-state index is 0.694. The first-order valence-corrected chi connectivity index (χ1v) is 6.79. The fourth-order valence-electron chi connectivity index (χ4n) is 2.41. The van der Waals surface area contributed by atoms with E-state index in [-0.39, 0.29) is 0 Å². The second-order valence-corrected chi connectivity index (χ2v) is 4.67. The quantitative estimate of drug-likeness (QED) is 0.783. The van der Waals surface area contributed by atoms with Crippen LogP contribution >= 0.6 is 0 Å². The van der Waals surface area contributed by atoms with Crippen LogP contribution in [0, 0.1) is 0 Å². The van der Waals surface area contributed by atoms with E-state index < -0.39 is 0 Å². The molecular weight excluding hydrogens is 246 g/mol. The molecule has 2 N–H and O–H groups in total. The van der Waals surface area contributed by atoms with Crippen LogP contribution in [-0.4, -0.2) is 9.78 Å². The highest BCUT2D eigenvalue weighted by Gasteiger charge is 2.16. The molecule has 3 aromatic rings. The Morgan fingerprint density at radius 2 is 1.55 bits per heavy atom. The molecule has 0 aliphatic rings. The van der Waals surface area contributed by atoms with Gasteiger partial charge in [0.05, 0.1) is 11.4 Å². The number of aryl methyl sites for hydroxylation is 1. The molecule has 1 aromatic heterocycles. The first-order valence-electron chi connectivity index (χ1n) is 6.79. The van der Waals surface area contributed by atoms with Gasteiger partial charge in [0.15, 0.2) is 0 Å². The maximum absolute atomic E-state index is 6.34. The third kappa shape index (κ3) is 2.07. The van der Waals surface area contributed by atoms with Crippen molar-refractivity contribution in [1.82, 2.24) is 9.78 Å². The van der Waals surface area contributed by atoms with Crippen molar-refractivity contribution < 1.29 is 0 Å². The first-order chi connectivity index (χ1) is 9.81. The molecule has 0 saturated heterocycles. The number of para-hydroxylation sites is 1. The highest BCUT2D eigenvalue weighted by atomic mass is 15.3. The summed E-state index contributed by atoms with van der Waals surface area (Å²) in [5, 5.41) is 4.67. The van der Waals surface area contributed by atoms with Crippen LogP contribution in [0.3, 0.4) is 0 Å². The predicted octanol–water partition coefficient (Wildman–Crippen LogP) is 3.68. The summed E-state index contributed by atoms with van der Waals surface area (Å²) in [5.41, 5.74) is 10.5. The van der Waals surface area contributed by atoms with Crippen LogP contribution in [0.15, 0.2) is 60.7 Å². The van der Waals surface area contributed by atoms with E-state index in [9.17, 15) is 0 Å². The number of nitrogen functional groups attached to an aromatic ring is 1. The lowest BCUT2D eigenvalue weighted by molar-refractivity contribution is 0.849. The van der Waals surface area contributed by atoms with Gasteiger partial charge in [-0.2, -0.15) is 5.10 Å². The van der Waals surface area contributed by atoms with E-state index in [1.165, 1.54) is 0 Å². The van der Waals surface area contributed by atoms with E-state index in [0.717, 1.165) is 28.9 Å². The van der Waals surface area contributed by atoms with Gasteiger partial charge in [0.25, 0.3) is 0 Å². The van der Waals surface area contributed by atoms with Crippen molar-refractivity contribution in [3.8, 4) is 16.8 Å². The predicted molar refractivity (Wildman–Crippen MR) is 82.8 cm³/mol. The molecule has 3 rings (SSSR count). The van der Waals surface area contributed by atoms with Crippen LogP contribution in [0.1, 0.15) is 12.6 Å². The summed E-state index contributed by atoms with van der Waals surface area (Å²) >= 11 is 0. The van der Waals surface area contributed by atoms with Crippen molar-refractivity contribution in [3.63, 3.8) is 0 Å². The van der Waals surface area contributed by atoms with Gasteiger partial charge in [-0.25, -0.2) is 4.68 Å². The van der Waals surface area contributed by atoms with Gasteiger partial charge in [0, 0.05) is 5.56 Å². The summed E-state index contributed by atoms with van der Waals surface area (Å²) in [6.45, 7) is 2.10. The van der Waals surface area contributed by atoms with Gasteiger partial charge in [0.1, 0.15) is 5.82 Å². The molecule has 3 nitrogen and oxygen atoms in total. The molecule has 0 amide bonds. The standard InChI is InChI=1S/C17H17N3/c1-2-15-16(13-9-5-3-6-10-13)17(18)20(19-15)14-11-7-4-8-12-14/h3-12H,2,18H2,1H3. The molecule has 1 heterocycles. The molecule has 2 aromatic carbocycles. The smallest absolute Gasteiger partial charge is 0.135 e. The summed E-state index contributed by atoms with van der Waals surface area (Å²) in [4.78, 5) is 0. The summed E-state index contributed by atoms with van der Waals surface area (Å²) in [6, 6.07) is 20.2. The van der Waals surface area contributed by atoms with Gasteiger partial charge >= 0.3 is 0 Å². The highest BCUT2D eigenvalue weighted by molar-refractivity contribution is 5.77. The van der Waals surface area contributed by atoms with Crippen molar-refractivity contribution in [1.29, 1.82) is 0 Å². The lowest BCUT2D eigenvalue weighted by Crippen LogP contribution is -2.01. The average molecular weight is 263 g/mol. The third-order valence-electron chi connectivity index (χ3n) is 3.39. The van der Waals surface area contributed by atoms with Gasteiger partial charge in [-0.1, -0.05) is 55.5 Å². The minimum Gasteiger partial charge on any atom is -0.383 e. The summed E-state index contributed by atoms with van der Waals surface area (Å²) in [6.07, 6.45) is 0.855. The first kappa shape index (κ1) is 12.5. The Labute approximate surface area is 118 Å². The zero-order chi connectivity index (χ0) is 13.9. The number of rotatable bonds is 3. The van der Waals surface area contributed by atoms with Gasteiger partial charge in [-0.05, 0) is 24.1 Å². The molecule has 100 valence electrons. The second-order valence-electron chi connectivity index (χ2n) is 4.67. The lowest BCUT2D eigenvalue weighted by Gasteiger charge is -2.05. The molecule has 0 aliphatic carbocycles. The summed E-state index contributed by atoms with van der Waals surface area (Å²) in [5.74, 6) is 0.694. The Morgan fingerprint density at radius 1 is 0.950 bits per heavy atom. The molecule has 0 aliphatic heterocycles. The second kappa shape index (κ2) is 5.21. The molecule has 0 fully saturated rings. The van der Waals surface area contributed by atoms with Crippen LogP contribution in [0.5, 0.6) is 0 Å². The van der Waals surface area contributed by atoms with E-state index in [1.54, 1.807) is 0 Å². The maximum atomic E-state index is 6.34. The zero-order valence-electron chi connectivity index (χ0n) is 11.5. The third-order valence-corrected chi connectivity index (χ3v) is 3.39. The molecule has 0 saturated carbocycles. The number of hydrogen-bond donors (Lipinski definition) is 1. The molecule has 0 spiro atoms. The number of benzene rings is 2. The fourth-order valence-corrected chi connectivity index (χ4v) is 2.41. The van der Waals surface area contributed by atoms with Gasteiger partial charge in [-0.3, -0.25) is 0 Å². The highest BCUT2D eigenvalue weighted by Crippen LogP contribution is 2.31. The van der Waals surface area contributed by atoms with Gasteiger partial charge in [0.2, 0.25) is 0 Å². The monoisotopic (exact) mass is 263 g/mol. The molecular formula is C17H17N3. The Bertz CT molecular complexity index is 700. The number of nitrogens with zero attached hydrogens (tertiary/aromatic N) is 2. The zero-order valence-corrected chi connectivity index (χ0v) is 11.5. The van der Waals surface area contributed by atoms with Crippen molar-refractivity contribution in [2.45, 2.75) is 13.3 Å². The van der Waals surface area contributed by atoms with E-state index >= 15 is 0 Å². The van der Waals surface area contributed by atoms with E-state index in [2.05, 4.69) is 24.2 Å². The maximum Gasteiger partial charge on any atom is 0.135 e. The van der Waals surface area contributed by atoms with Crippen LogP contribution in [0.2, 0.25) is 0 Å². The van der Waals surface area contributed by atoms with Crippen molar-refractivity contribution >= 4 is 5.82 Å². The number of nitrogens with two attached hydrogens (primary N) is 1. The van der Waals surface area contributed by atoms with Crippen LogP contribution in [-0.2, 0) is 6.42 Å². The summed E-state index contributed by atoms with van der Waals surface area (Å²) in [7, 11) is 0.